The average Bonchev–Trinajstić information content (AvgIpc) is 2.58. The van der Waals surface area contributed by atoms with Crippen molar-refractivity contribution in [1.29, 1.82) is 0 Å². The fourth-order valence-corrected chi connectivity index (χ4v) is 1.65. The van der Waals surface area contributed by atoms with E-state index in [1.807, 2.05) is 37.3 Å². The van der Waals surface area contributed by atoms with Crippen LogP contribution in [0.25, 0.3) is 5.69 Å². The van der Waals surface area contributed by atoms with E-state index >= 15 is 0 Å². The fraction of sp³-hybridized carbons (Fsp3) is 0.182. The van der Waals surface area contributed by atoms with E-state index in [1.165, 1.54) is 6.33 Å². The summed E-state index contributed by atoms with van der Waals surface area (Å²) >= 11 is 0. The van der Waals surface area contributed by atoms with Gasteiger partial charge in [0.2, 0.25) is 0 Å². The van der Waals surface area contributed by atoms with Gasteiger partial charge in [-0.25, -0.2) is 8.63 Å². The Morgan fingerprint density at radius 3 is 2.33 bits per heavy atom. The summed E-state index contributed by atoms with van der Waals surface area (Å²) in [6, 6.07) is 9.49. The number of hydrogen-bond donors (Lipinski definition) is 0. The van der Waals surface area contributed by atoms with Gasteiger partial charge in [0.1, 0.15) is 5.69 Å². The molecule has 0 unspecified atom stereocenters. The molecule has 0 aliphatic carbocycles. The maximum absolute atomic E-state index is 12.2. The molecular formula is C11H12BF3N2O. The van der Waals surface area contributed by atoms with Crippen molar-refractivity contribution >= 4 is 7.47 Å². The van der Waals surface area contributed by atoms with E-state index in [0.29, 0.717) is 5.69 Å². The molecule has 2 aromatic rings. The molecule has 0 radical (unpaired) electrons. The van der Waals surface area contributed by atoms with Gasteiger partial charge in [0.25, 0.3) is 6.33 Å². The normalized spacial score (nSPS) is 9.78. The standard InChI is InChI=1S/C11H12BF2N2O.FH/c1-9-10(2)16(17-12(13)14)8-15(9)11-6-4-3-5-7-11;/h3-8H,1-2H3;1H/q+1;/p-1. The molecule has 7 heteroatoms. The van der Waals surface area contributed by atoms with Crippen LogP contribution in [0, 0.1) is 13.8 Å². The summed E-state index contributed by atoms with van der Waals surface area (Å²) < 4.78 is 31.7. The first-order valence-corrected chi connectivity index (χ1v) is 5.20. The monoisotopic (exact) mass is 256 g/mol. The van der Waals surface area contributed by atoms with Gasteiger partial charge in [0.15, 0.2) is 11.4 Å². The first kappa shape index (κ1) is 14.1. The Bertz CT molecular complexity index is 517. The minimum absolute atomic E-state index is 0. The van der Waals surface area contributed by atoms with Gasteiger partial charge in [0.05, 0.1) is 0 Å². The number of benzene rings is 1. The molecule has 0 aliphatic heterocycles. The number of para-hydroxylation sites is 1. The van der Waals surface area contributed by atoms with E-state index in [9.17, 15) is 8.63 Å². The Balaban J connectivity index is 0.00000162. The lowest BCUT2D eigenvalue weighted by Gasteiger charge is -1.95. The van der Waals surface area contributed by atoms with Gasteiger partial charge in [-0.2, -0.15) is 4.57 Å². The number of nitrogens with zero attached hydrogens (tertiary/aromatic N) is 2. The maximum Gasteiger partial charge on any atom is 0.835 e. The summed E-state index contributed by atoms with van der Waals surface area (Å²) in [4.78, 5) is 0. The first-order valence-electron chi connectivity index (χ1n) is 5.20. The molecule has 0 spiro atoms. The topological polar surface area (TPSA) is 18.0 Å². The van der Waals surface area contributed by atoms with Gasteiger partial charge in [0, 0.05) is 13.8 Å². The van der Waals surface area contributed by atoms with Gasteiger partial charge in [-0.1, -0.05) is 22.9 Å². The highest BCUT2D eigenvalue weighted by Gasteiger charge is 2.27. The average molecular weight is 256 g/mol. The molecule has 0 saturated heterocycles. The lowest BCUT2D eigenvalue weighted by molar-refractivity contribution is -0.603. The summed E-state index contributed by atoms with van der Waals surface area (Å²) in [6.07, 6.45) is 1.51. The summed E-state index contributed by atoms with van der Waals surface area (Å²) in [6.45, 7) is 3.59. The SMILES string of the molecule is Cc1c(C)[n+](-c2ccccc2)cn1OB(F)F.[F-]. The molecule has 0 bridgehead atoms. The summed E-state index contributed by atoms with van der Waals surface area (Å²) in [5, 5.41) is 0. The second kappa shape index (κ2) is 5.62. The zero-order valence-corrected chi connectivity index (χ0v) is 9.98. The van der Waals surface area contributed by atoms with Crippen LogP contribution in [-0.4, -0.2) is 12.2 Å². The zero-order valence-electron chi connectivity index (χ0n) is 9.98. The van der Waals surface area contributed by atoms with Gasteiger partial charge in [-0.05, 0) is 12.1 Å². The van der Waals surface area contributed by atoms with Crippen LogP contribution in [0.2, 0.25) is 0 Å². The molecule has 0 amide bonds. The molecule has 0 fully saturated rings. The molecule has 1 heterocycles. The third-order valence-corrected chi connectivity index (χ3v) is 2.66. The van der Waals surface area contributed by atoms with E-state index in [-0.39, 0.29) is 4.70 Å². The highest BCUT2D eigenvalue weighted by Crippen LogP contribution is 2.06. The van der Waals surface area contributed by atoms with Crippen molar-refractivity contribution in [3.8, 4) is 5.69 Å². The van der Waals surface area contributed by atoms with Crippen molar-refractivity contribution in [3.05, 3.63) is 48.0 Å². The molecular weight excluding hydrogens is 244 g/mol. The Hall–Kier alpha value is -1.92. The first-order chi connectivity index (χ1) is 8.09. The number of rotatable bonds is 3. The third kappa shape index (κ3) is 2.66. The van der Waals surface area contributed by atoms with Crippen LogP contribution in [0.3, 0.4) is 0 Å². The predicted octanol–water partition coefficient (Wildman–Crippen LogP) is -1.26. The fourth-order valence-electron chi connectivity index (χ4n) is 1.65. The molecule has 18 heavy (non-hydrogen) atoms. The molecule has 3 nitrogen and oxygen atoms in total. The van der Waals surface area contributed by atoms with Crippen LogP contribution < -0.4 is 14.0 Å². The van der Waals surface area contributed by atoms with E-state index in [1.54, 1.807) is 11.5 Å². The second-order valence-electron chi connectivity index (χ2n) is 3.68. The zero-order chi connectivity index (χ0) is 12.4. The molecule has 2 rings (SSSR count). The van der Waals surface area contributed by atoms with Crippen molar-refractivity contribution in [2.24, 2.45) is 0 Å². The predicted molar refractivity (Wildman–Crippen MR) is 60.0 cm³/mol. The number of aromatic nitrogens is 2. The molecule has 0 saturated carbocycles. The highest BCUT2D eigenvalue weighted by atomic mass is 19.2. The summed E-state index contributed by atoms with van der Waals surface area (Å²) in [7, 11) is -2.83. The quantitative estimate of drug-likeness (QED) is 0.495. The van der Waals surface area contributed by atoms with Gasteiger partial charge < -0.3 is 9.46 Å². The van der Waals surface area contributed by atoms with Crippen LogP contribution in [-0.2, 0) is 0 Å². The van der Waals surface area contributed by atoms with Crippen molar-refractivity contribution < 1.29 is 22.7 Å². The van der Waals surface area contributed by atoms with Crippen LogP contribution in [0.1, 0.15) is 11.4 Å². The Kier molecular flexibility index (Phi) is 4.41. The van der Waals surface area contributed by atoms with Gasteiger partial charge in [-0.3, -0.25) is 0 Å². The second-order valence-corrected chi connectivity index (χ2v) is 3.68. The van der Waals surface area contributed by atoms with Crippen LogP contribution in [0.4, 0.5) is 8.63 Å². The van der Waals surface area contributed by atoms with Crippen molar-refractivity contribution in [2.75, 3.05) is 0 Å². The Morgan fingerprint density at radius 2 is 1.78 bits per heavy atom. The maximum atomic E-state index is 12.2. The summed E-state index contributed by atoms with van der Waals surface area (Å²) in [5.41, 5.74) is 2.41. The highest BCUT2D eigenvalue weighted by molar-refractivity contribution is 6.34. The number of hydrogen-bond acceptors (Lipinski definition) is 1. The molecule has 0 N–H and O–H groups in total. The van der Waals surface area contributed by atoms with E-state index in [4.69, 9.17) is 0 Å². The number of halogens is 3. The Labute approximate surface area is 103 Å². The largest absolute Gasteiger partial charge is 1.00 e. The van der Waals surface area contributed by atoms with Gasteiger partial charge in [-0.15, -0.1) is 0 Å². The molecule has 1 aromatic heterocycles. The van der Waals surface area contributed by atoms with E-state index in [0.717, 1.165) is 16.1 Å². The lowest BCUT2D eigenvalue weighted by Crippen LogP contribution is -3.00. The lowest BCUT2D eigenvalue weighted by atomic mass is 10.3. The van der Waals surface area contributed by atoms with Crippen molar-refractivity contribution in [2.45, 2.75) is 13.8 Å². The van der Waals surface area contributed by atoms with Crippen LogP contribution >= 0.6 is 0 Å². The minimum Gasteiger partial charge on any atom is -1.00 e. The van der Waals surface area contributed by atoms with Crippen molar-refractivity contribution in [1.82, 2.24) is 4.73 Å². The molecule has 0 atom stereocenters. The summed E-state index contributed by atoms with van der Waals surface area (Å²) in [5.74, 6) is 0. The van der Waals surface area contributed by atoms with E-state index < -0.39 is 7.47 Å². The van der Waals surface area contributed by atoms with Gasteiger partial charge >= 0.3 is 7.47 Å². The Morgan fingerprint density at radius 1 is 1.17 bits per heavy atom. The van der Waals surface area contributed by atoms with E-state index in [2.05, 4.69) is 4.76 Å². The minimum atomic E-state index is -2.83. The smallest absolute Gasteiger partial charge is 0.835 e. The van der Waals surface area contributed by atoms with Crippen LogP contribution in [0.15, 0.2) is 36.7 Å². The van der Waals surface area contributed by atoms with Crippen molar-refractivity contribution in [3.63, 3.8) is 0 Å². The molecule has 0 aliphatic rings. The number of imidazole rings is 1. The molecule has 96 valence electrons. The third-order valence-electron chi connectivity index (χ3n) is 2.66. The van der Waals surface area contributed by atoms with Crippen LogP contribution in [0.5, 0.6) is 0 Å². The molecule has 1 aromatic carbocycles.